The van der Waals surface area contributed by atoms with E-state index in [0.29, 0.717) is 12.2 Å². The number of carbonyl (C=O) groups excluding carboxylic acids is 5. The Kier molecular flexibility index (Phi) is 8.23. The van der Waals surface area contributed by atoms with E-state index < -0.39 is 29.7 Å². The fourth-order valence-corrected chi connectivity index (χ4v) is 2.81. The summed E-state index contributed by atoms with van der Waals surface area (Å²) in [5.41, 5.74) is 0.664. The van der Waals surface area contributed by atoms with E-state index in [0.717, 1.165) is 19.4 Å². The number of Topliss-reactive ketones (excluding diaryl/α,β-unsaturated/α-hetero) is 1. The Labute approximate surface area is 184 Å². The molecule has 0 aromatic heterocycles. The van der Waals surface area contributed by atoms with E-state index in [-0.39, 0.29) is 29.2 Å². The summed E-state index contributed by atoms with van der Waals surface area (Å²) in [6.07, 6.45) is 0.298. The van der Waals surface area contributed by atoms with Crippen LogP contribution < -0.4 is 18.9 Å². The molecule has 0 radical (unpaired) electrons. The highest BCUT2D eigenvalue weighted by atomic mass is 16.6. The molecule has 0 saturated heterocycles. The Morgan fingerprint density at radius 3 is 1.50 bits per heavy atom. The fourth-order valence-electron chi connectivity index (χ4n) is 2.81. The molecule has 0 spiro atoms. The molecule has 9 nitrogen and oxygen atoms in total. The molecule has 0 aliphatic carbocycles. The van der Waals surface area contributed by atoms with Crippen molar-refractivity contribution in [3.05, 3.63) is 47.5 Å². The second kappa shape index (κ2) is 10.9. The summed E-state index contributed by atoms with van der Waals surface area (Å²) in [4.78, 5) is 58.4. The van der Waals surface area contributed by atoms with Crippen LogP contribution in [-0.4, -0.2) is 29.7 Å². The van der Waals surface area contributed by atoms with Crippen LogP contribution in [0.15, 0.2) is 36.4 Å². The summed E-state index contributed by atoms with van der Waals surface area (Å²) < 4.78 is 20.2. The molecular formula is C23H22O9. The number of carbonyl (C=O) groups is 5. The summed E-state index contributed by atoms with van der Waals surface area (Å²) in [5, 5.41) is 0. The van der Waals surface area contributed by atoms with E-state index >= 15 is 0 Å². The topological polar surface area (TPSA) is 122 Å². The van der Waals surface area contributed by atoms with Crippen LogP contribution in [0.25, 0.3) is 0 Å². The van der Waals surface area contributed by atoms with Crippen molar-refractivity contribution < 1.29 is 42.9 Å². The lowest BCUT2D eigenvalue weighted by Gasteiger charge is -2.15. The van der Waals surface area contributed by atoms with Crippen molar-refractivity contribution in [3.63, 3.8) is 0 Å². The predicted octanol–water partition coefficient (Wildman–Crippen LogP) is 3.20. The Morgan fingerprint density at radius 2 is 1.06 bits per heavy atom. The highest BCUT2D eigenvalue weighted by Gasteiger charge is 2.24. The van der Waals surface area contributed by atoms with Gasteiger partial charge in [0.05, 0.1) is 0 Å². The summed E-state index contributed by atoms with van der Waals surface area (Å²) in [5.74, 6) is -3.04. The van der Waals surface area contributed by atoms with Crippen molar-refractivity contribution in [2.75, 3.05) is 0 Å². The summed E-state index contributed by atoms with van der Waals surface area (Å²) >= 11 is 0. The van der Waals surface area contributed by atoms with Crippen LogP contribution in [0.3, 0.4) is 0 Å². The van der Waals surface area contributed by atoms with Crippen LogP contribution in [0.2, 0.25) is 0 Å². The number of ether oxygens (including phenoxy) is 4. The third-order valence-corrected chi connectivity index (χ3v) is 3.91. The molecule has 0 bridgehead atoms. The second-order valence-electron chi connectivity index (χ2n) is 6.74. The van der Waals surface area contributed by atoms with Gasteiger partial charge >= 0.3 is 23.9 Å². The first-order valence-corrected chi connectivity index (χ1v) is 9.59. The maximum atomic E-state index is 13.0. The molecule has 0 saturated carbocycles. The van der Waals surface area contributed by atoms with Gasteiger partial charge in [-0.25, -0.2) is 0 Å². The van der Waals surface area contributed by atoms with E-state index in [9.17, 15) is 24.0 Å². The molecule has 0 fully saturated rings. The first-order valence-electron chi connectivity index (χ1n) is 9.59. The number of hydrogen-bond donors (Lipinski definition) is 0. The first kappa shape index (κ1) is 24.3. The molecule has 0 heterocycles. The smallest absolute Gasteiger partial charge is 0.308 e. The lowest BCUT2D eigenvalue weighted by Crippen LogP contribution is -2.13. The van der Waals surface area contributed by atoms with Crippen LogP contribution in [0.1, 0.15) is 50.0 Å². The first-order chi connectivity index (χ1) is 15.0. The maximum absolute atomic E-state index is 13.0. The third-order valence-electron chi connectivity index (χ3n) is 3.91. The average Bonchev–Trinajstić information content (AvgIpc) is 2.65. The number of ketones is 1. The third kappa shape index (κ3) is 7.35. The van der Waals surface area contributed by atoms with Crippen LogP contribution >= 0.6 is 0 Å². The largest absolute Gasteiger partial charge is 0.427 e. The molecule has 0 N–H and O–H groups in total. The summed E-state index contributed by atoms with van der Waals surface area (Å²) in [7, 11) is 0. The average molecular weight is 442 g/mol. The SMILES string of the molecule is CC(=O)Oc1ccc(CCC(=O)c2c(OC(C)=O)cc(OC(C)=O)cc2OC(C)=O)cc1. The number of hydrogen-bond acceptors (Lipinski definition) is 9. The Balaban J connectivity index is 2.33. The molecule has 0 atom stereocenters. The van der Waals surface area contributed by atoms with Crippen molar-refractivity contribution in [2.45, 2.75) is 40.5 Å². The van der Waals surface area contributed by atoms with Crippen LogP contribution in [0, 0.1) is 0 Å². The Morgan fingerprint density at radius 1 is 0.625 bits per heavy atom. The Hall–Kier alpha value is -4.01. The summed E-state index contributed by atoms with van der Waals surface area (Å²) in [6, 6.07) is 9.02. The Bertz CT molecular complexity index is 1010. The lowest BCUT2D eigenvalue weighted by molar-refractivity contribution is -0.133. The van der Waals surface area contributed by atoms with Gasteiger partial charge in [-0.15, -0.1) is 0 Å². The van der Waals surface area contributed by atoms with Crippen molar-refractivity contribution in [2.24, 2.45) is 0 Å². The summed E-state index contributed by atoms with van der Waals surface area (Å²) in [6.45, 7) is 4.75. The molecule has 168 valence electrons. The maximum Gasteiger partial charge on any atom is 0.308 e. The molecule has 2 aromatic carbocycles. The van der Waals surface area contributed by atoms with Gasteiger partial charge in [0, 0.05) is 46.2 Å². The van der Waals surface area contributed by atoms with Crippen molar-refractivity contribution >= 4 is 29.7 Å². The van der Waals surface area contributed by atoms with Gasteiger partial charge in [0.25, 0.3) is 0 Å². The van der Waals surface area contributed by atoms with Crippen molar-refractivity contribution in [1.29, 1.82) is 0 Å². The molecule has 2 aromatic rings. The number of aryl methyl sites for hydroxylation is 1. The number of esters is 4. The van der Waals surface area contributed by atoms with E-state index in [1.54, 1.807) is 24.3 Å². The van der Waals surface area contributed by atoms with Gasteiger partial charge in [-0.2, -0.15) is 0 Å². The van der Waals surface area contributed by atoms with Gasteiger partial charge < -0.3 is 18.9 Å². The van der Waals surface area contributed by atoms with Gasteiger partial charge in [-0.1, -0.05) is 12.1 Å². The number of benzene rings is 2. The molecule has 2 rings (SSSR count). The molecule has 0 unspecified atom stereocenters. The van der Waals surface area contributed by atoms with E-state index in [1.807, 2.05) is 0 Å². The van der Waals surface area contributed by atoms with Crippen molar-refractivity contribution in [1.82, 2.24) is 0 Å². The fraction of sp³-hybridized carbons (Fsp3) is 0.261. The standard InChI is InChI=1S/C23H22O9/c1-13(24)29-18-8-5-17(6-9-18)7-10-20(28)23-21(31-15(3)26)11-19(30-14(2)25)12-22(23)32-16(4)27/h5-6,8-9,11-12H,7,10H2,1-4H3. The van der Waals surface area contributed by atoms with Gasteiger partial charge in [-0.05, 0) is 24.1 Å². The van der Waals surface area contributed by atoms with Crippen molar-refractivity contribution in [3.8, 4) is 23.0 Å². The quantitative estimate of drug-likeness (QED) is 0.344. The molecule has 0 aliphatic heterocycles. The monoisotopic (exact) mass is 442 g/mol. The zero-order valence-corrected chi connectivity index (χ0v) is 18.1. The predicted molar refractivity (Wildman–Crippen MR) is 111 cm³/mol. The molecule has 32 heavy (non-hydrogen) atoms. The van der Waals surface area contributed by atoms with Crippen LogP contribution in [0.4, 0.5) is 0 Å². The molecule has 9 heteroatoms. The van der Waals surface area contributed by atoms with E-state index in [4.69, 9.17) is 18.9 Å². The van der Waals surface area contributed by atoms with Gasteiger partial charge in [0.15, 0.2) is 5.78 Å². The molecule has 0 amide bonds. The molecular weight excluding hydrogens is 420 g/mol. The lowest BCUT2D eigenvalue weighted by atomic mass is 10.0. The zero-order chi connectivity index (χ0) is 23.8. The van der Waals surface area contributed by atoms with Crippen LogP contribution in [0.5, 0.6) is 23.0 Å². The van der Waals surface area contributed by atoms with E-state index in [1.165, 1.54) is 26.0 Å². The van der Waals surface area contributed by atoms with E-state index in [2.05, 4.69) is 0 Å². The van der Waals surface area contributed by atoms with Gasteiger partial charge in [0.1, 0.15) is 28.6 Å². The minimum absolute atomic E-state index is 0.0116. The van der Waals surface area contributed by atoms with Gasteiger partial charge in [0.2, 0.25) is 0 Å². The highest BCUT2D eigenvalue weighted by molar-refractivity contribution is 6.03. The number of rotatable bonds is 8. The minimum atomic E-state index is -0.714. The second-order valence-corrected chi connectivity index (χ2v) is 6.74. The molecule has 0 aliphatic rings. The minimum Gasteiger partial charge on any atom is -0.427 e. The normalized spacial score (nSPS) is 10.1. The zero-order valence-electron chi connectivity index (χ0n) is 18.1. The highest BCUT2D eigenvalue weighted by Crippen LogP contribution is 2.36. The van der Waals surface area contributed by atoms with Crippen LogP contribution in [-0.2, 0) is 25.6 Å². The van der Waals surface area contributed by atoms with Gasteiger partial charge in [-0.3, -0.25) is 24.0 Å².